The predicted octanol–water partition coefficient (Wildman–Crippen LogP) is 1.53. The SMILES string of the molecule is O=C(CCn1[nH]c(=O)c2ccccc2c1=O)NC1CCCCC1. The van der Waals surface area contributed by atoms with Gasteiger partial charge < -0.3 is 5.32 Å². The smallest absolute Gasteiger partial charge is 0.273 e. The summed E-state index contributed by atoms with van der Waals surface area (Å²) in [6.07, 6.45) is 5.78. The summed E-state index contributed by atoms with van der Waals surface area (Å²) < 4.78 is 1.23. The lowest BCUT2D eigenvalue weighted by molar-refractivity contribution is -0.122. The molecule has 1 aliphatic rings. The first-order chi connectivity index (χ1) is 11.1. The highest BCUT2D eigenvalue weighted by Crippen LogP contribution is 2.17. The van der Waals surface area contributed by atoms with Crippen molar-refractivity contribution in [2.24, 2.45) is 0 Å². The first-order valence-electron chi connectivity index (χ1n) is 8.16. The highest BCUT2D eigenvalue weighted by atomic mass is 16.2. The summed E-state index contributed by atoms with van der Waals surface area (Å²) in [5, 5.41) is 6.31. The Kier molecular flexibility index (Phi) is 4.60. The first-order valence-corrected chi connectivity index (χ1v) is 8.16. The molecule has 0 radical (unpaired) electrons. The molecule has 1 fully saturated rings. The normalized spacial score (nSPS) is 15.7. The predicted molar refractivity (Wildman–Crippen MR) is 88.5 cm³/mol. The summed E-state index contributed by atoms with van der Waals surface area (Å²) in [7, 11) is 0. The van der Waals surface area contributed by atoms with Crippen molar-refractivity contribution in [1.82, 2.24) is 15.1 Å². The van der Waals surface area contributed by atoms with E-state index < -0.39 is 0 Å². The van der Waals surface area contributed by atoms with Crippen LogP contribution in [0.15, 0.2) is 33.9 Å². The van der Waals surface area contributed by atoms with Crippen LogP contribution in [0.3, 0.4) is 0 Å². The Morgan fingerprint density at radius 3 is 2.57 bits per heavy atom. The number of hydrogen-bond donors (Lipinski definition) is 2. The number of aryl methyl sites for hydroxylation is 1. The summed E-state index contributed by atoms with van der Waals surface area (Å²) in [5.41, 5.74) is -0.585. The van der Waals surface area contributed by atoms with Crippen LogP contribution in [0, 0.1) is 0 Å². The van der Waals surface area contributed by atoms with Crippen molar-refractivity contribution in [2.75, 3.05) is 0 Å². The second-order valence-electron chi connectivity index (χ2n) is 6.10. The number of H-pyrrole nitrogens is 1. The van der Waals surface area contributed by atoms with E-state index in [9.17, 15) is 14.4 Å². The molecular weight excluding hydrogens is 294 g/mol. The largest absolute Gasteiger partial charge is 0.353 e. The average Bonchev–Trinajstić information content (AvgIpc) is 2.58. The lowest BCUT2D eigenvalue weighted by Crippen LogP contribution is -2.38. The molecule has 1 aromatic carbocycles. The zero-order valence-electron chi connectivity index (χ0n) is 13.0. The third kappa shape index (κ3) is 3.52. The molecule has 2 aromatic rings. The quantitative estimate of drug-likeness (QED) is 0.897. The van der Waals surface area contributed by atoms with Crippen molar-refractivity contribution in [3.8, 4) is 0 Å². The van der Waals surface area contributed by atoms with Crippen molar-refractivity contribution >= 4 is 16.7 Å². The standard InChI is InChI=1S/C17H21N3O3/c21-15(18-12-6-2-1-3-7-12)10-11-20-17(23)14-9-5-4-8-13(14)16(22)19-20/h4-5,8-9,12H,1-3,6-7,10-11H2,(H,18,21)(H,19,22). The molecule has 1 aromatic heterocycles. The minimum Gasteiger partial charge on any atom is -0.353 e. The van der Waals surface area contributed by atoms with E-state index in [-0.39, 0.29) is 36.0 Å². The van der Waals surface area contributed by atoms with Gasteiger partial charge in [0.25, 0.3) is 11.1 Å². The number of benzene rings is 1. The fraction of sp³-hybridized carbons (Fsp3) is 0.471. The average molecular weight is 315 g/mol. The number of fused-ring (bicyclic) bond motifs is 1. The lowest BCUT2D eigenvalue weighted by Gasteiger charge is -2.22. The lowest BCUT2D eigenvalue weighted by atomic mass is 9.95. The van der Waals surface area contributed by atoms with Crippen LogP contribution in [-0.2, 0) is 11.3 Å². The van der Waals surface area contributed by atoms with Gasteiger partial charge in [0.1, 0.15) is 0 Å². The number of aromatic amines is 1. The second-order valence-corrected chi connectivity index (χ2v) is 6.10. The van der Waals surface area contributed by atoms with Crippen LogP contribution >= 0.6 is 0 Å². The molecule has 1 aliphatic carbocycles. The van der Waals surface area contributed by atoms with E-state index in [0.29, 0.717) is 10.8 Å². The fourth-order valence-corrected chi connectivity index (χ4v) is 3.16. The zero-order valence-corrected chi connectivity index (χ0v) is 13.0. The molecule has 1 saturated carbocycles. The van der Waals surface area contributed by atoms with Crippen molar-refractivity contribution in [2.45, 2.75) is 51.1 Å². The number of nitrogens with one attached hydrogen (secondary N) is 2. The van der Waals surface area contributed by atoms with Crippen LogP contribution < -0.4 is 16.4 Å². The molecule has 0 atom stereocenters. The molecule has 0 unspecified atom stereocenters. The number of amides is 1. The summed E-state index contributed by atoms with van der Waals surface area (Å²) in [6.45, 7) is 0.178. The summed E-state index contributed by atoms with van der Waals surface area (Å²) in [6, 6.07) is 6.95. The summed E-state index contributed by atoms with van der Waals surface area (Å²) in [5.74, 6) is -0.0715. The Hall–Kier alpha value is -2.37. The van der Waals surface area contributed by atoms with E-state index in [2.05, 4.69) is 10.4 Å². The van der Waals surface area contributed by atoms with Gasteiger partial charge in [-0.3, -0.25) is 19.5 Å². The maximum atomic E-state index is 12.3. The molecule has 122 valence electrons. The molecule has 6 heteroatoms. The van der Waals surface area contributed by atoms with Crippen molar-refractivity contribution < 1.29 is 4.79 Å². The molecular formula is C17H21N3O3. The highest BCUT2D eigenvalue weighted by molar-refractivity contribution is 5.80. The van der Waals surface area contributed by atoms with E-state index >= 15 is 0 Å². The van der Waals surface area contributed by atoms with Gasteiger partial charge in [-0.25, -0.2) is 4.68 Å². The molecule has 1 amide bonds. The van der Waals surface area contributed by atoms with Gasteiger partial charge in [-0.1, -0.05) is 31.4 Å². The van der Waals surface area contributed by atoms with Crippen LogP contribution in [0.5, 0.6) is 0 Å². The Morgan fingerprint density at radius 2 is 1.83 bits per heavy atom. The number of carbonyl (C=O) groups is 1. The second kappa shape index (κ2) is 6.81. The topological polar surface area (TPSA) is 84.0 Å². The van der Waals surface area contributed by atoms with Gasteiger partial charge in [-0.15, -0.1) is 0 Å². The fourth-order valence-electron chi connectivity index (χ4n) is 3.16. The molecule has 23 heavy (non-hydrogen) atoms. The molecule has 6 nitrogen and oxygen atoms in total. The van der Waals surface area contributed by atoms with Crippen molar-refractivity contribution in [3.05, 3.63) is 45.0 Å². The Bertz CT molecular complexity index is 816. The molecule has 0 bridgehead atoms. The molecule has 3 rings (SSSR count). The number of rotatable bonds is 4. The van der Waals surface area contributed by atoms with Gasteiger partial charge in [0.05, 0.1) is 17.3 Å². The van der Waals surface area contributed by atoms with Crippen LogP contribution in [0.4, 0.5) is 0 Å². The Morgan fingerprint density at radius 1 is 1.13 bits per heavy atom. The van der Waals surface area contributed by atoms with E-state index in [1.807, 2.05) is 0 Å². The van der Waals surface area contributed by atoms with E-state index in [0.717, 1.165) is 25.7 Å². The van der Waals surface area contributed by atoms with Gasteiger partial charge in [-0.05, 0) is 25.0 Å². The molecule has 0 aliphatic heterocycles. The Labute approximate surface area is 133 Å². The van der Waals surface area contributed by atoms with E-state index in [1.54, 1.807) is 24.3 Å². The van der Waals surface area contributed by atoms with Gasteiger partial charge in [0.15, 0.2) is 0 Å². The maximum Gasteiger partial charge on any atom is 0.273 e. The zero-order chi connectivity index (χ0) is 16.2. The van der Waals surface area contributed by atoms with Gasteiger partial charge in [0, 0.05) is 12.5 Å². The van der Waals surface area contributed by atoms with Gasteiger partial charge >= 0.3 is 0 Å². The molecule has 2 N–H and O–H groups in total. The minimum atomic E-state index is -0.312. The monoisotopic (exact) mass is 315 g/mol. The van der Waals surface area contributed by atoms with Gasteiger partial charge in [0.2, 0.25) is 5.91 Å². The highest BCUT2D eigenvalue weighted by Gasteiger charge is 2.16. The third-order valence-electron chi connectivity index (χ3n) is 4.42. The van der Waals surface area contributed by atoms with E-state index in [4.69, 9.17) is 0 Å². The number of aromatic nitrogens is 2. The number of nitrogens with zero attached hydrogens (tertiary/aromatic N) is 1. The molecule has 0 saturated heterocycles. The molecule has 0 spiro atoms. The van der Waals surface area contributed by atoms with Crippen LogP contribution in [0.2, 0.25) is 0 Å². The molecule has 1 heterocycles. The van der Waals surface area contributed by atoms with Crippen LogP contribution in [-0.4, -0.2) is 21.7 Å². The summed E-state index contributed by atoms with van der Waals surface area (Å²) in [4.78, 5) is 36.4. The van der Waals surface area contributed by atoms with Crippen LogP contribution in [0.1, 0.15) is 38.5 Å². The Balaban J connectivity index is 1.69. The van der Waals surface area contributed by atoms with E-state index in [1.165, 1.54) is 11.1 Å². The summed E-state index contributed by atoms with van der Waals surface area (Å²) >= 11 is 0. The minimum absolute atomic E-state index is 0.0715. The van der Waals surface area contributed by atoms with Crippen LogP contribution in [0.25, 0.3) is 10.8 Å². The number of hydrogen-bond acceptors (Lipinski definition) is 3. The maximum absolute atomic E-state index is 12.3. The van der Waals surface area contributed by atoms with Crippen molar-refractivity contribution in [1.29, 1.82) is 0 Å². The first kappa shape index (κ1) is 15.5. The van der Waals surface area contributed by atoms with Crippen molar-refractivity contribution in [3.63, 3.8) is 0 Å². The number of carbonyl (C=O) groups excluding carboxylic acids is 1. The van der Waals surface area contributed by atoms with Gasteiger partial charge in [-0.2, -0.15) is 0 Å². The third-order valence-corrected chi connectivity index (χ3v) is 4.42.